The van der Waals surface area contributed by atoms with Crippen molar-refractivity contribution in [2.75, 3.05) is 19.2 Å². The van der Waals surface area contributed by atoms with E-state index in [1.54, 1.807) is 13.1 Å². The highest BCUT2D eigenvalue weighted by Gasteiger charge is 2.17. The maximum Gasteiger partial charge on any atom is 0.337 e. The van der Waals surface area contributed by atoms with Crippen LogP contribution in [-0.4, -0.2) is 30.3 Å². The molecule has 0 unspecified atom stereocenters. The second-order valence-electron chi connectivity index (χ2n) is 6.56. The van der Waals surface area contributed by atoms with Gasteiger partial charge in [-0.15, -0.1) is 0 Å². The topological polar surface area (TPSA) is 65.6 Å². The van der Waals surface area contributed by atoms with E-state index in [4.69, 9.17) is 4.74 Å². The number of nitrogens with one attached hydrogen (secondary N) is 1. The van der Waals surface area contributed by atoms with Gasteiger partial charge in [-0.3, -0.25) is 10.3 Å². The number of anilines is 1. The van der Waals surface area contributed by atoms with Gasteiger partial charge in [0.1, 0.15) is 0 Å². The van der Waals surface area contributed by atoms with Crippen molar-refractivity contribution < 1.29 is 14.7 Å². The minimum absolute atomic E-state index is 0.362. The molecule has 3 aromatic carbocycles. The summed E-state index contributed by atoms with van der Waals surface area (Å²) in [5.41, 5.74) is 6.16. The number of aromatic nitrogens is 1. The zero-order valence-corrected chi connectivity index (χ0v) is 15.6. The van der Waals surface area contributed by atoms with Crippen LogP contribution in [0.2, 0.25) is 0 Å². The predicted molar refractivity (Wildman–Crippen MR) is 111 cm³/mol. The van der Waals surface area contributed by atoms with Crippen molar-refractivity contribution in [2.24, 2.45) is 0 Å². The number of fused-ring (bicyclic) bond motifs is 1. The number of methoxy groups -OCH3 is 1. The van der Waals surface area contributed by atoms with E-state index in [0.717, 1.165) is 38.4 Å². The Morgan fingerprint density at radius 2 is 1.68 bits per heavy atom. The number of hydroxylamine groups is 1. The first kappa shape index (κ1) is 17.8. The number of nitrogens with zero attached hydrogens (tertiary/aromatic N) is 1. The summed E-state index contributed by atoms with van der Waals surface area (Å²) in [7, 11) is 2.97. The van der Waals surface area contributed by atoms with Gasteiger partial charge in [-0.2, -0.15) is 0 Å². The molecule has 0 aliphatic carbocycles. The number of esters is 1. The van der Waals surface area contributed by atoms with Gasteiger partial charge in [-0.05, 0) is 41.5 Å². The number of benzene rings is 3. The van der Waals surface area contributed by atoms with Crippen LogP contribution in [-0.2, 0) is 4.74 Å². The Kier molecular flexibility index (Phi) is 4.59. The average Bonchev–Trinajstić information content (AvgIpc) is 3.12. The van der Waals surface area contributed by atoms with Crippen LogP contribution in [0, 0.1) is 0 Å². The molecule has 5 nitrogen and oxygen atoms in total. The van der Waals surface area contributed by atoms with E-state index >= 15 is 0 Å². The SMILES string of the molecule is COC(=O)c1ccc2[nH]c(-c3ccc(N(C)O)cc3)c(-c3ccccc3)c2c1. The fourth-order valence-electron chi connectivity index (χ4n) is 3.40. The van der Waals surface area contributed by atoms with Crippen LogP contribution in [0.3, 0.4) is 0 Å². The predicted octanol–water partition coefficient (Wildman–Crippen LogP) is 5.11. The van der Waals surface area contributed by atoms with Crippen molar-refractivity contribution in [2.45, 2.75) is 0 Å². The van der Waals surface area contributed by atoms with Gasteiger partial charge in [-0.25, -0.2) is 4.79 Å². The van der Waals surface area contributed by atoms with Crippen molar-refractivity contribution in [3.63, 3.8) is 0 Å². The van der Waals surface area contributed by atoms with E-state index in [1.807, 2.05) is 66.7 Å². The van der Waals surface area contributed by atoms with Crippen molar-refractivity contribution in [3.05, 3.63) is 78.4 Å². The number of carbonyl (C=O) groups is 1. The quantitative estimate of drug-likeness (QED) is 0.386. The molecule has 28 heavy (non-hydrogen) atoms. The molecule has 1 aromatic heterocycles. The molecule has 0 amide bonds. The molecule has 0 atom stereocenters. The molecular formula is C23H20N2O3. The first-order valence-electron chi connectivity index (χ1n) is 8.91. The van der Waals surface area contributed by atoms with Gasteiger partial charge in [-0.1, -0.05) is 42.5 Å². The van der Waals surface area contributed by atoms with Gasteiger partial charge in [0.25, 0.3) is 0 Å². The summed E-state index contributed by atoms with van der Waals surface area (Å²) < 4.78 is 4.88. The summed E-state index contributed by atoms with van der Waals surface area (Å²) in [4.78, 5) is 15.5. The number of H-pyrrole nitrogens is 1. The Balaban J connectivity index is 1.96. The van der Waals surface area contributed by atoms with Crippen LogP contribution in [0.5, 0.6) is 0 Å². The fourth-order valence-corrected chi connectivity index (χ4v) is 3.40. The molecule has 0 fully saturated rings. The maximum absolute atomic E-state index is 12.0. The van der Waals surface area contributed by atoms with E-state index in [-0.39, 0.29) is 5.97 Å². The summed E-state index contributed by atoms with van der Waals surface area (Å²) in [5, 5.41) is 11.7. The second-order valence-corrected chi connectivity index (χ2v) is 6.56. The van der Waals surface area contributed by atoms with Crippen molar-refractivity contribution in [3.8, 4) is 22.4 Å². The molecule has 2 N–H and O–H groups in total. The van der Waals surface area contributed by atoms with Crippen LogP contribution in [0.15, 0.2) is 72.8 Å². The second kappa shape index (κ2) is 7.21. The van der Waals surface area contributed by atoms with Crippen LogP contribution in [0.4, 0.5) is 5.69 Å². The lowest BCUT2D eigenvalue weighted by Gasteiger charge is -2.11. The Hall–Kier alpha value is -3.57. The van der Waals surface area contributed by atoms with Crippen molar-refractivity contribution in [1.29, 1.82) is 0 Å². The first-order chi connectivity index (χ1) is 13.6. The van der Waals surface area contributed by atoms with E-state index in [2.05, 4.69) is 4.98 Å². The summed E-state index contributed by atoms with van der Waals surface area (Å²) in [6, 6.07) is 23.2. The highest BCUT2D eigenvalue weighted by atomic mass is 16.5. The molecule has 0 aliphatic rings. The first-order valence-corrected chi connectivity index (χ1v) is 8.91. The van der Waals surface area contributed by atoms with Crippen molar-refractivity contribution in [1.82, 2.24) is 4.98 Å². The lowest BCUT2D eigenvalue weighted by molar-refractivity contribution is 0.0601. The van der Waals surface area contributed by atoms with E-state index < -0.39 is 0 Å². The van der Waals surface area contributed by atoms with E-state index in [9.17, 15) is 10.0 Å². The summed E-state index contributed by atoms with van der Waals surface area (Å²) in [6.07, 6.45) is 0. The third kappa shape index (κ3) is 3.12. The monoisotopic (exact) mass is 372 g/mol. The molecule has 0 radical (unpaired) electrons. The lowest BCUT2D eigenvalue weighted by atomic mass is 9.97. The Morgan fingerprint density at radius 3 is 2.32 bits per heavy atom. The highest BCUT2D eigenvalue weighted by Crippen LogP contribution is 2.39. The largest absolute Gasteiger partial charge is 0.465 e. The Labute approximate surface area is 162 Å². The molecule has 0 saturated carbocycles. The minimum Gasteiger partial charge on any atom is -0.465 e. The van der Waals surface area contributed by atoms with E-state index in [0.29, 0.717) is 11.3 Å². The van der Waals surface area contributed by atoms with E-state index in [1.165, 1.54) is 7.11 Å². The number of ether oxygens (including phenoxy) is 1. The zero-order valence-electron chi connectivity index (χ0n) is 15.6. The number of rotatable bonds is 4. The van der Waals surface area contributed by atoms with Crippen LogP contribution in [0.1, 0.15) is 10.4 Å². The fraction of sp³-hybridized carbons (Fsp3) is 0.0870. The van der Waals surface area contributed by atoms with Gasteiger partial charge in [0.05, 0.1) is 24.1 Å². The van der Waals surface area contributed by atoms with Crippen molar-refractivity contribution >= 4 is 22.6 Å². The molecule has 140 valence electrons. The molecule has 4 aromatic rings. The molecular weight excluding hydrogens is 352 g/mol. The number of aromatic amines is 1. The smallest absolute Gasteiger partial charge is 0.337 e. The summed E-state index contributed by atoms with van der Waals surface area (Å²) >= 11 is 0. The van der Waals surface area contributed by atoms with Gasteiger partial charge in [0.2, 0.25) is 0 Å². The molecule has 0 bridgehead atoms. The van der Waals surface area contributed by atoms with Crippen LogP contribution < -0.4 is 5.06 Å². The zero-order chi connectivity index (χ0) is 19.7. The Morgan fingerprint density at radius 1 is 0.964 bits per heavy atom. The van der Waals surface area contributed by atoms with Gasteiger partial charge in [0, 0.05) is 23.5 Å². The standard InChI is InChI=1S/C23H20N2O3/c1-25(27)18-11-8-16(9-12-18)22-21(15-6-4-3-5-7-15)19-14-17(23(26)28-2)10-13-20(19)24-22/h3-14,24,27H,1-2H3. The van der Waals surface area contributed by atoms with Gasteiger partial charge in [0.15, 0.2) is 0 Å². The third-order valence-corrected chi connectivity index (χ3v) is 4.81. The summed E-state index contributed by atoms with van der Waals surface area (Å²) in [5.74, 6) is -0.362. The molecule has 5 heteroatoms. The minimum atomic E-state index is -0.362. The number of carbonyl (C=O) groups excluding carboxylic acids is 1. The molecule has 0 saturated heterocycles. The average molecular weight is 372 g/mol. The van der Waals surface area contributed by atoms with Crippen LogP contribution >= 0.6 is 0 Å². The van der Waals surface area contributed by atoms with Crippen LogP contribution in [0.25, 0.3) is 33.3 Å². The third-order valence-electron chi connectivity index (χ3n) is 4.81. The lowest BCUT2D eigenvalue weighted by Crippen LogP contribution is -2.09. The number of hydrogen-bond donors (Lipinski definition) is 2. The Bertz CT molecular complexity index is 1130. The molecule has 0 aliphatic heterocycles. The molecule has 0 spiro atoms. The van der Waals surface area contributed by atoms with Gasteiger partial charge >= 0.3 is 5.97 Å². The maximum atomic E-state index is 12.0. The number of hydrogen-bond acceptors (Lipinski definition) is 4. The molecule has 4 rings (SSSR count). The molecule has 1 heterocycles. The van der Waals surface area contributed by atoms with Gasteiger partial charge < -0.3 is 9.72 Å². The highest BCUT2D eigenvalue weighted by molar-refractivity contribution is 6.06. The normalized spacial score (nSPS) is 10.8. The summed E-state index contributed by atoms with van der Waals surface area (Å²) in [6.45, 7) is 0.